The zero-order chi connectivity index (χ0) is 45.2. The number of carbonyl (C=O) groups excluding carboxylic acids is 1. The number of pyridine rings is 2. The Morgan fingerprint density at radius 1 is 0.615 bits per heavy atom. The highest BCUT2D eigenvalue weighted by Crippen LogP contribution is 2.47. The van der Waals surface area contributed by atoms with E-state index in [1.165, 1.54) is 19.2 Å². The van der Waals surface area contributed by atoms with Crippen molar-refractivity contribution < 1.29 is 37.7 Å². The molecule has 2 aliphatic heterocycles. The first-order chi connectivity index (χ1) is 31.5. The molecule has 0 amide bonds. The number of nitrogens with zero attached hydrogens (tertiary/aromatic N) is 2. The van der Waals surface area contributed by atoms with Crippen molar-refractivity contribution in [3.05, 3.63) is 166 Å². The van der Waals surface area contributed by atoms with Crippen molar-refractivity contribution >= 4 is 11.9 Å². The van der Waals surface area contributed by atoms with Crippen LogP contribution in [0.15, 0.2) is 109 Å². The molecule has 65 heavy (non-hydrogen) atoms. The Kier molecular flexibility index (Phi) is 12.8. The second-order valence-corrected chi connectivity index (χ2v) is 18.2. The molecule has 4 aromatic carbocycles. The lowest BCUT2D eigenvalue weighted by Crippen LogP contribution is -2.18. The SMILES string of the molecule is COC(=O)CC(c1ccc2c(n1)OC(c1ccc(-c3cc(C)ccc3F)cc1)CC2)C1CC1.Cc1ccc(F)c(-c2ccc(C3CCc4ccc(C(CC(=O)O)C5CC5)nc4O3)cc2)c1. The Bertz CT molecular complexity index is 2700. The average molecular weight is 877 g/mol. The van der Waals surface area contributed by atoms with Gasteiger partial charge in [0.05, 0.1) is 20.0 Å². The Hall–Kier alpha value is -6.42. The number of esters is 1. The molecule has 2 saturated carbocycles. The summed E-state index contributed by atoms with van der Waals surface area (Å²) < 4.78 is 46.0. The third kappa shape index (κ3) is 10.3. The van der Waals surface area contributed by atoms with Crippen LogP contribution in [0, 0.1) is 37.3 Å². The normalized spacial score (nSPS) is 18.4. The van der Waals surface area contributed by atoms with Crippen molar-refractivity contribution in [3.63, 3.8) is 0 Å². The molecule has 0 bridgehead atoms. The number of carbonyl (C=O) groups is 2. The lowest BCUT2D eigenvalue weighted by molar-refractivity contribution is -0.141. The summed E-state index contributed by atoms with van der Waals surface area (Å²) in [5, 5.41) is 9.31. The van der Waals surface area contributed by atoms with Gasteiger partial charge in [-0.2, -0.15) is 0 Å². The number of benzene rings is 4. The molecular formula is C55H54F2N2O6. The number of hydrogen-bond acceptors (Lipinski definition) is 7. The number of hydrogen-bond donors (Lipinski definition) is 1. The minimum absolute atomic E-state index is 0.0507. The molecule has 4 heterocycles. The highest BCUT2D eigenvalue weighted by Gasteiger charge is 2.37. The van der Waals surface area contributed by atoms with Crippen molar-refractivity contribution in [2.24, 2.45) is 11.8 Å². The van der Waals surface area contributed by atoms with E-state index in [2.05, 4.69) is 6.07 Å². The van der Waals surface area contributed by atoms with E-state index in [1.54, 1.807) is 12.1 Å². The number of ether oxygens (including phenoxy) is 3. The molecule has 2 aromatic heterocycles. The van der Waals surface area contributed by atoms with Crippen LogP contribution in [0.4, 0.5) is 8.78 Å². The quantitative estimate of drug-likeness (QED) is 0.121. The molecule has 10 heteroatoms. The first kappa shape index (κ1) is 43.8. The van der Waals surface area contributed by atoms with Gasteiger partial charge in [0.15, 0.2) is 0 Å². The standard InChI is InChI=1S/C28H28FNO3.C27H26FNO3/c1-17-3-12-24(29)22(15-17)18-6-8-20(9-7-18)26-14-11-21-10-13-25(30-28(21)33-26)23(19-4-5-19)16-27(31)32-2;1-16-2-11-23(28)21(14-16)17-5-7-19(8-6-17)25-13-10-20-9-12-24(29-27(20)32-25)22(15-26(30)31)18-3-4-18/h3,6-10,12-13,15,19,23,26H,4-5,11,14,16H2,1-2H3;2,5-9,11-12,14,18,22,25H,3-4,10,13,15H2,1H3,(H,30,31). The predicted octanol–water partition coefficient (Wildman–Crippen LogP) is 12.5. The van der Waals surface area contributed by atoms with E-state index in [9.17, 15) is 23.5 Å². The Morgan fingerprint density at radius 2 is 1.05 bits per heavy atom. The molecule has 4 unspecified atom stereocenters. The van der Waals surface area contributed by atoms with E-state index in [-0.39, 0.29) is 48.1 Å². The lowest BCUT2D eigenvalue weighted by Gasteiger charge is -2.27. The monoisotopic (exact) mass is 876 g/mol. The van der Waals surface area contributed by atoms with Gasteiger partial charge in [-0.3, -0.25) is 9.59 Å². The summed E-state index contributed by atoms with van der Waals surface area (Å²) in [5.41, 5.74) is 10.9. The summed E-state index contributed by atoms with van der Waals surface area (Å²) in [6, 6.07) is 34.2. The van der Waals surface area contributed by atoms with Gasteiger partial charge in [-0.15, -0.1) is 0 Å². The molecule has 334 valence electrons. The molecule has 0 saturated heterocycles. The van der Waals surface area contributed by atoms with Gasteiger partial charge >= 0.3 is 11.9 Å². The fourth-order valence-corrected chi connectivity index (χ4v) is 9.34. The molecule has 4 aliphatic rings. The van der Waals surface area contributed by atoms with Crippen molar-refractivity contribution in [3.8, 4) is 34.0 Å². The third-order valence-electron chi connectivity index (χ3n) is 13.4. The predicted molar refractivity (Wildman–Crippen MR) is 245 cm³/mol. The maximum atomic E-state index is 14.3. The highest BCUT2D eigenvalue weighted by molar-refractivity contribution is 5.70. The fraction of sp³-hybridized carbons (Fsp3) is 0.345. The number of fused-ring (bicyclic) bond motifs is 2. The Morgan fingerprint density at radius 3 is 1.45 bits per heavy atom. The largest absolute Gasteiger partial charge is 0.481 e. The number of carboxylic acids is 1. The molecule has 0 spiro atoms. The zero-order valence-electron chi connectivity index (χ0n) is 37.1. The smallest absolute Gasteiger partial charge is 0.306 e. The van der Waals surface area contributed by atoms with Crippen molar-refractivity contribution in [1.82, 2.24) is 9.97 Å². The highest BCUT2D eigenvalue weighted by atomic mass is 19.1. The van der Waals surface area contributed by atoms with E-state index >= 15 is 0 Å². The van der Waals surface area contributed by atoms with E-state index < -0.39 is 5.97 Å². The summed E-state index contributed by atoms with van der Waals surface area (Å²) >= 11 is 0. The van der Waals surface area contributed by atoms with Crippen LogP contribution in [-0.4, -0.2) is 34.1 Å². The van der Waals surface area contributed by atoms with Gasteiger partial charge in [0.1, 0.15) is 23.8 Å². The van der Waals surface area contributed by atoms with E-state index in [0.29, 0.717) is 41.1 Å². The molecule has 2 fully saturated rings. The second-order valence-electron chi connectivity index (χ2n) is 18.2. The van der Waals surface area contributed by atoms with Crippen molar-refractivity contribution in [1.29, 1.82) is 0 Å². The summed E-state index contributed by atoms with van der Waals surface area (Å²) in [5.74, 6) is 0.770. The molecule has 1 N–H and O–H groups in total. The first-order valence-electron chi connectivity index (χ1n) is 22.8. The summed E-state index contributed by atoms with van der Waals surface area (Å²) in [4.78, 5) is 32.8. The molecule has 10 rings (SSSR count). The maximum Gasteiger partial charge on any atom is 0.306 e. The third-order valence-corrected chi connectivity index (χ3v) is 13.4. The van der Waals surface area contributed by atoms with E-state index in [4.69, 9.17) is 24.2 Å². The van der Waals surface area contributed by atoms with Crippen LogP contribution in [-0.2, 0) is 27.2 Å². The van der Waals surface area contributed by atoms with Crippen LogP contribution in [0.25, 0.3) is 22.3 Å². The van der Waals surface area contributed by atoms with Crippen molar-refractivity contribution in [2.45, 2.75) is 102 Å². The summed E-state index contributed by atoms with van der Waals surface area (Å²) in [6.45, 7) is 3.92. The number of carboxylic acid groups (broad SMARTS) is 1. The van der Waals surface area contributed by atoms with E-state index in [0.717, 1.165) is 107 Å². The fourth-order valence-electron chi connectivity index (χ4n) is 9.34. The lowest BCUT2D eigenvalue weighted by atomic mass is 9.93. The van der Waals surface area contributed by atoms with Gasteiger partial charge in [0.25, 0.3) is 0 Å². The maximum absolute atomic E-state index is 14.3. The summed E-state index contributed by atoms with van der Waals surface area (Å²) in [7, 11) is 1.43. The average Bonchev–Trinajstić information content (AvgIpc) is 4.27. The number of methoxy groups -OCH3 is 1. The van der Waals surface area contributed by atoms with Crippen LogP contribution in [0.5, 0.6) is 11.8 Å². The van der Waals surface area contributed by atoms with Gasteiger partial charge in [-0.1, -0.05) is 83.9 Å². The number of halogens is 2. The van der Waals surface area contributed by atoms with Crippen LogP contribution in [0.2, 0.25) is 0 Å². The first-order valence-corrected chi connectivity index (χ1v) is 22.8. The van der Waals surface area contributed by atoms with Gasteiger partial charge in [-0.25, -0.2) is 18.7 Å². The van der Waals surface area contributed by atoms with Crippen LogP contribution >= 0.6 is 0 Å². The van der Waals surface area contributed by atoms with Crippen LogP contribution in [0.1, 0.15) is 120 Å². The number of aromatic nitrogens is 2. The van der Waals surface area contributed by atoms with Crippen molar-refractivity contribution in [2.75, 3.05) is 7.11 Å². The number of rotatable bonds is 12. The molecule has 8 nitrogen and oxygen atoms in total. The topological polar surface area (TPSA) is 108 Å². The molecule has 4 atom stereocenters. The van der Waals surface area contributed by atoms with Crippen LogP contribution in [0.3, 0.4) is 0 Å². The second kappa shape index (κ2) is 19.0. The van der Waals surface area contributed by atoms with Gasteiger partial charge in [0.2, 0.25) is 11.8 Å². The molecule has 6 aromatic rings. The minimum Gasteiger partial charge on any atom is -0.481 e. The molecule has 2 aliphatic carbocycles. The number of aryl methyl sites for hydroxylation is 4. The van der Waals surface area contributed by atoms with Gasteiger partial charge in [-0.05, 0) is 136 Å². The zero-order valence-corrected chi connectivity index (χ0v) is 37.1. The Balaban J connectivity index is 0.000000164. The minimum atomic E-state index is -0.787. The van der Waals surface area contributed by atoms with Crippen LogP contribution < -0.4 is 9.47 Å². The van der Waals surface area contributed by atoms with Gasteiger partial charge < -0.3 is 19.3 Å². The summed E-state index contributed by atoms with van der Waals surface area (Å²) in [6.07, 6.45) is 8.05. The van der Waals surface area contributed by atoms with Gasteiger partial charge in [0, 0.05) is 45.5 Å². The van der Waals surface area contributed by atoms with E-state index in [1.807, 2.05) is 92.7 Å². The molecule has 0 radical (unpaired) electrons. The molecular weight excluding hydrogens is 823 g/mol. The Labute approximate surface area is 379 Å². The number of aliphatic carboxylic acids is 1.